The minimum atomic E-state index is -0.0950. The SMILES string of the molecule is O=C(NCCc1ccc(Cl)c(Cl)c1)c1cccc(CC2NNC(=O)C3CCCCC23)c1. The van der Waals surface area contributed by atoms with E-state index in [2.05, 4.69) is 16.2 Å². The predicted octanol–water partition coefficient (Wildman–Crippen LogP) is 4.32. The summed E-state index contributed by atoms with van der Waals surface area (Å²) >= 11 is 12.0. The molecule has 1 aliphatic heterocycles. The van der Waals surface area contributed by atoms with Gasteiger partial charge in [-0.1, -0.05) is 54.2 Å². The topological polar surface area (TPSA) is 70.2 Å². The molecule has 2 fully saturated rings. The molecular weight excluding hydrogens is 433 g/mol. The second-order valence-corrected chi connectivity index (χ2v) is 9.27. The van der Waals surface area contributed by atoms with Crippen LogP contribution in [0.4, 0.5) is 0 Å². The molecular formula is C24H27Cl2N3O2. The molecule has 0 radical (unpaired) electrons. The van der Waals surface area contributed by atoms with Crippen LogP contribution in [-0.4, -0.2) is 24.4 Å². The molecule has 5 nitrogen and oxygen atoms in total. The zero-order valence-corrected chi connectivity index (χ0v) is 18.8. The Kier molecular flexibility index (Phi) is 7.16. The summed E-state index contributed by atoms with van der Waals surface area (Å²) in [7, 11) is 0. The van der Waals surface area contributed by atoms with E-state index < -0.39 is 0 Å². The van der Waals surface area contributed by atoms with Crippen LogP contribution in [0.5, 0.6) is 0 Å². The maximum Gasteiger partial charge on any atom is 0.251 e. The van der Waals surface area contributed by atoms with E-state index >= 15 is 0 Å². The van der Waals surface area contributed by atoms with E-state index in [-0.39, 0.29) is 23.8 Å². The number of carbonyl (C=O) groups excluding carboxylic acids is 2. The van der Waals surface area contributed by atoms with Gasteiger partial charge in [0.25, 0.3) is 5.91 Å². The van der Waals surface area contributed by atoms with Crippen molar-refractivity contribution in [3.05, 3.63) is 69.2 Å². The largest absolute Gasteiger partial charge is 0.352 e. The Morgan fingerprint density at radius 3 is 2.71 bits per heavy atom. The summed E-state index contributed by atoms with van der Waals surface area (Å²) in [5.74, 6) is 0.484. The Bertz CT molecular complexity index is 966. The predicted molar refractivity (Wildman–Crippen MR) is 123 cm³/mol. The molecule has 2 aromatic carbocycles. The van der Waals surface area contributed by atoms with Gasteiger partial charge in [0.2, 0.25) is 5.91 Å². The highest BCUT2D eigenvalue weighted by molar-refractivity contribution is 6.42. The smallest absolute Gasteiger partial charge is 0.251 e. The molecule has 2 aromatic rings. The number of benzene rings is 2. The molecule has 31 heavy (non-hydrogen) atoms. The lowest BCUT2D eigenvalue weighted by Crippen LogP contribution is -2.60. The van der Waals surface area contributed by atoms with Crippen LogP contribution in [0.15, 0.2) is 42.5 Å². The standard InChI is InChI=1S/C24H27Cl2N3O2/c25-20-9-8-15(13-21(20)26)10-11-27-23(30)17-5-3-4-16(12-17)14-22-18-6-1-2-7-19(18)24(31)29-28-22/h3-5,8-9,12-13,18-19,22,28H,1-2,6-7,10-11,14H2,(H,27,30)(H,29,31). The number of rotatable bonds is 6. The van der Waals surface area contributed by atoms with Gasteiger partial charge < -0.3 is 5.32 Å². The van der Waals surface area contributed by atoms with Crippen LogP contribution in [0, 0.1) is 11.8 Å². The lowest BCUT2D eigenvalue weighted by atomic mass is 9.72. The molecule has 0 aromatic heterocycles. The molecule has 3 unspecified atom stereocenters. The lowest BCUT2D eigenvalue weighted by Gasteiger charge is -2.41. The Hall–Kier alpha value is -2.08. The van der Waals surface area contributed by atoms with Gasteiger partial charge in [0.15, 0.2) is 0 Å². The summed E-state index contributed by atoms with van der Waals surface area (Å²) in [5.41, 5.74) is 8.82. The summed E-state index contributed by atoms with van der Waals surface area (Å²) in [6.45, 7) is 0.515. The number of hydrogen-bond donors (Lipinski definition) is 3. The number of amides is 2. The zero-order chi connectivity index (χ0) is 21.8. The highest BCUT2D eigenvalue weighted by Crippen LogP contribution is 2.35. The van der Waals surface area contributed by atoms with Gasteiger partial charge in [0, 0.05) is 24.1 Å². The van der Waals surface area contributed by atoms with Crippen molar-refractivity contribution in [1.82, 2.24) is 16.2 Å². The number of carbonyl (C=O) groups is 2. The van der Waals surface area contributed by atoms with Gasteiger partial charge >= 0.3 is 0 Å². The summed E-state index contributed by atoms with van der Waals surface area (Å²) in [5, 5.41) is 4.02. The molecule has 1 saturated heterocycles. The first-order chi connectivity index (χ1) is 15.0. The van der Waals surface area contributed by atoms with Crippen LogP contribution in [0.25, 0.3) is 0 Å². The van der Waals surface area contributed by atoms with Crippen molar-refractivity contribution in [2.45, 2.75) is 44.6 Å². The Balaban J connectivity index is 1.34. The van der Waals surface area contributed by atoms with Crippen molar-refractivity contribution in [2.24, 2.45) is 11.8 Å². The molecule has 0 bridgehead atoms. The molecule has 164 valence electrons. The number of fused-ring (bicyclic) bond motifs is 1. The fraction of sp³-hybridized carbons (Fsp3) is 0.417. The van der Waals surface area contributed by atoms with Gasteiger partial charge in [-0.2, -0.15) is 0 Å². The lowest BCUT2D eigenvalue weighted by molar-refractivity contribution is -0.133. The van der Waals surface area contributed by atoms with E-state index in [1.165, 1.54) is 6.42 Å². The minimum absolute atomic E-state index is 0.0950. The van der Waals surface area contributed by atoms with E-state index in [0.717, 1.165) is 36.8 Å². The first-order valence-corrected chi connectivity index (χ1v) is 11.6. The average Bonchev–Trinajstić information content (AvgIpc) is 2.78. The zero-order valence-electron chi connectivity index (χ0n) is 17.3. The van der Waals surface area contributed by atoms with Crippen LogP contribution >= 0.6 is 23.2 Å². The van der Waals surface area contributed by atoms with Gasteiger partial charge in [-0.15, -0.1) is 0 Å². The molecule has 1 saturated carbocycles. The van der Waals surface area contributed by atoms with E-state index in [1.807, 2.05) is 36.4 Å². The third-order valence-electron chi connectivity index (χ3n) is 6.38. The van der Waals surface area contributed by atoms with E-state index in [0.29, 0.717) is 34.5 Å². The third-order valence-corrected chi connectivity index (χ3v) is 7.12. The third kappa shape index (κ3) is 5.40. The molecule has 4 rings (SSSR count). The van der Waals surface area contributed by atoms with Crippen LogP contribution in [0.2, 0.25) is 10.0 Å². The molecule has 3 atom stereocenters. The molecule has 1 aliphatic carbocycles. The quantitative estimate of drug-likeness (QED) is 0.602. The second-order valence-electron chi connectivity index (χ2n) is 8.45. The van der Waals surface area contributed by atoms with Gasteiger partial charge in [-0.05, 0) is 67.0 Å². The maximum absolute atomic E-state index is 12.6. The summed E-state index contributed by atoms with van der Waals surface area (Å²) in [6.07, 6.45) is 5.80. The van der Waals surface area contributed by atoms with Crippen LogP contribution in [-0.2, 0) is 17.6 Å². The summed E-state index contributed by atoms with van der Waals surface area (Å²) < 4.78 is 0. The second kappa shape index (κ2) is 10.0. The molecule has 7 heteroatoms. The fourth-order valence-electron chi connectivity index (χ4n) is 4.74. The summed E-state index contributed by atoms with van der Waals surface area (Å²) in [4.78, 5) is 24.8. The van der Waals surface area contributed by atoms with Crippen molar-refractivity contribution >= 4 is 35.0 Å². The van der Waals surface area contributed by atoms with E-state index in [4.69, 9.17) is 23.2 Å². The van der Waals surface area contributed by atoms with E-state index in [1.54, 1.807) is 6.07 Å². The fourth-order valence-corrected chi connectivity index (χ4v) is 5.06. The number of hydrazine groups is 1. The number of nitrogens with one attached hydrogen (secondary N) is 3. The molecule has 1 heterocycles. The molecule has 2 aliphatic rings. The normalized spacial score (nSPS) is 23.0. The molecule has 3 N–H and O–H groups in total. The Morgan fingerprint density at radius 2 is 1.87 bits per heavy atom. The average molecular weight is 460 g/mol. The van der Waals surface area contributed by atoms with Crippen LogP contribution in [0.1, 0.15) is 47.2 Å². The van der Waals surface area contributed by atoms with E-state index in [9.17, 15) is 9.59 Å². The van der Waals surface area contributed by atoms with Crippen LogP contribution in [0.3, 0.4) is 0 Å². The minimum Gasteiger partial charge on any atom is -0.352 e. The first kappa shape index (κ1) is 22.1. The van der Waals surface area contributed by atoms with Gasteiger partial charge in [0.1, 0.15) is 0 Å². The summed E-state index contributed by atoms with van der Waals surface area (Å²) in [6, 6.07) is 13.4. The molecule has 2 amide bonds. The van der Waals surface area contributed by atoms with Gasteiger partial charge in [-0.3, -0.25) is 15.0 Å². The van der Waals surface area contributed by atoms with Crippen molar-refractivity contribution < 1.29 is 9.59 Å². The number of hydrogen-bond acceptors (Lipinski definition) is 3. The number of halogens is 2. The monoisotopic (exact) mass is 459 g/mol. The Labute approximate surface area is 192 Å². The first-order valence-electron chi connectivity index (χ1n) is 10.9. The van der Waals surface area contributed by atoms with Gasteiger partial charge in [-0.25, -0.2) is 5.43 Å². The highest BCUT2D eigenvalue weighted by Gasteiger charge is 2.39. The van der Waals surface area contributed by atoms with Crippen molar-refractivity contribution in [3.63, 3.8) is 0 Å². The van der Waals surface area contributed by atoms with Crippen molar-refractivity contribution in [2.75, 3.05) is 6.54 Å². The Morgan fingerprint density at radius 1 is 1.03 bits per heavy atom. The van der Waals surface area contributed by atoms with Crippen LogP contribution < -0.4 is 16.2 Å². The van der Waals surface area contributed by atoms with Crippen molar-refractivity contribution in [1.29, 1.82) is 0 Å². The highest BCUT2D eigenvalue weighted by atomic mass is 35.5. The van der Waals surface area contributed by atoms with Gasteiger partial charge in [0.05, 0.1) is 10.0 Å². The maximum atomic E-state index is 12.6. The van der Waals surface area contributed by atoms with Crippen molar-refractivity contribution in [3.8, 4) is 0 Å². The molecule has 0 spiro atoms.